The summed E-state index contributed by atoms with van der Waals surface area (Å²) in [7, 11) is 0. The van der Waals surface area contributed by atoms with Gasteiger partial charge in [0.2, 0.25) is 0 Å². The summed E-state index contributed by atoms with van der Waals surface area (Å²) in [5.74, 6) is 0.650. The van der Waals surface area contributed by atoms with E-state index in [1.165, 1.54) is 0 Å². The summed E-state index contributed by atoms with van der Waals surface area (Å²) in [6.45, 7) is 2.65. The molecule has 0 radical (unpaired) electrons. The van der Waals surface area contributed by atoms with Crippen LogP contribution < -0.4 is 14.8 Å². The third-order valence-electron chi connectivity index (χ3n) is 3.41. The lowest BCUT2D eigenvalue weighted by Crippen LogP contribution is -2.30. The van der Waals surface area contributed by atoms with E-state index >= 15 is 0 Å². The molecule has 0 atom stereocenters. The molecule has 2 aromatic rings. The van der Waals surface area contributed by atoms with Crippen LogP contribution >= 0.6 is 11.6 Å². The van der Waals surface area contributed by atoms with Gasteiger partial charge in [-0.3, -0.25) is 9.59 Å². The van der Waals surface area contributed by atoms with E-state index < -0.39 is 0 Å². The van der Waals surface area contributed by atoms with Crippen molar-refractivity contribution in [2.24, 2.45) is 0 Å². The quantitative estimate of drug-likeness (QED) is 0.696. The van der Waals surface area contributed by atoms with E-state index in [9.17, 15) is 9.59 Å². The summed E-state index contributed by atoms with van der Waals surface area (Å²) in [6.07, 6.45) is 1.44. The van der Waals surface area contributed by atoms with Crippen molar-refractivity contribution >= 4 is 23.8 Å². The minimum atomic E-state index is -0.226. The molecule has 25 heavy (non-hydrogen) atoms. The molecule has 0 saturated heterocycles. The summed E-state index contributed by atoms with van der Waals surface area (Å²) in [4.78, 5) is 22.7. The molecule has 5 nitrogen and oxygen atoms in total. The Hall–Kier alpha value is -2.53. The molecule has 132 valence electrons. The van der Waals surface area contributed by atoms with Crippen molar-refractivity contribution in [3.05, 3.63) is 58.6 Å². The molecule has 0 aromatic heterocycles. The number of amides is 1. The molecule has 0 bridgehead atoms. The van der Waals surface area contributed by atoms with E-state index in [4.69, 9.17) is 21.1 Å². The van der Waals surface area contributed by atoms with Gasteiger partial charge in [0.05, 0.1) is 6.61 Å². The standard InChI is InChI=1S/C19H20ClNO4/c1-2-24-18-11-15(12-22)5-8-17(18)25-13-19(23)21-10-9-14-3-6-16(20)7-4-14/h3-8,11-12H,2,9-10,13H2,1H3,(H,21,23). The normalized spacial score (nSPS) is 10.2. The highest BCUT2D eigenvalue weighted by Crippen LogP contribution is 2.27. The fourth-order valence-electron chi connectivity index (χ4n) is 2.18. The maximum Gasteiger partial charge on any atom is 0.257 e. The minimum Gasteiger partial charge on any atom is -0.490 e. The molecule has 0 saturated carbocycles. The molecule has 6 heteroatoms. The lowest BCUT2D eigenvalue weighted by atomic mass is 10.1. The topological polar surface area (TPSA) is 64.6 Å². The van der Waals surface area contributed by atoms with Gasteiger partial charge in [-0.1, -0.05) is 23.7 Å². The number of hydrogen-bond donors (Lipinski definition) is 1. The van der Waals surface area contributed by atoms with E-state index in [0.717, 1.165) is 11.8 Å². The van der Waals surface area contributed by atoms with Crippen molar-refractivity contribution in [1.82, 2.24) is 5.32 Å². The molecule has 2 aromatic carbocycles. The number of halogens is 1. The number of benzene rings is 2. The predicted molar refractivity (Wildman–Crippen MR) is 96.7 cm³/mol. The van der Waals surface area contributed by atoms with Crippen LogP contribution in [0.2, 0.25) is 5.02 Å². The molecule has 0 aliphatic heterocycles. The van der Waals surface area contributed by atoms with Gasteiger partial charge < -0.3 is 14.8 Å². The monoisotopic (exact) mass is 361 g/mol. The molecule has 0 unspecified atom stereocenters. The number of carbonyl (C=O) groups is 2. The van der Waals surface area contributed by atoms with Gasteiger partial charge in [-0.2, -0.15) is 0 Å². The smallest absolute Gasteiger partial charge is 0.257 e. The zero-order valence-electron chi connectivity index (χ0n) is 14.0. The molecule has 1 N–H and O–H groups in total. The molecule has 0 fully saturated rings. The summed E-state index contributed by atoms with van der Waals surface area (Å²) < 4.78 is 10.9. The van der Waals surface area contributed by atoms with Crippen LogP contribution in [0.25, 0.3) is 0 Å². The van der Waals surface area contributed by atoms with Crippen LogP contribution in [0.4, 0.5) is 0 Å². The average molecular weight is 362 g/mol. The number of carbonyl (C=O) groups excluding carboxylic acids is 2. The number of hydrogen-bond acceptors (Lipinski definition) is 4. The van der Waals surface area contributed by atoms with Gasteiger partial charge in [-0.15, -0.1) is 0 Å². The Morgan fingerprint density at radius 1 is 1.12 bits per heavy atom. The zero-order valence-corrected chi connectivity index (χ0v) is 14.7. The molecule has 0 heterocycles. The molecule has 0 aliphatic rings. The first-order valence-electron chi connectivity index (χ1n) is 7.98. The second kappa shape index (κ2) is 9.69. The highest BCUT2D eigenvalue weighted by atomic mass is 35.5. The summed E-state index contributed by atoms with van der Waals surface area (Å²) in [6, 6.07) is 12.3. The second-order valence-electron chi connectivity index (χ2n) is 5.27. The Kier molecular flexibility index (Phi) is 7.29. The number of rotatable bonds is 9. The van der Waals surface area contributed by atoms with Gasteiger partial charge in [-0.05, 0) is 49.2 Å². The molecule has 2 rings (SSSR count). The van der Waals surface area contributed by atoms with E-state index in [2.05, 4.69) is 5.32 Å². The minimum absolute atomic E-state index is 0.124. The summed E-state index contributed by atoms with van der Waals surface area (Å²) >= 11 is 5.83. The molecule has 0 aliphatic carbocycles. The molecule has 1 amide bonds. The first-order valence-corrected chi connectivity index (χ1v) is 8.36. The molecule has 0 spiro atoms. The second-order valence-corrected chi connectivity index (χ2v) is 5.71. The van der Waals surface area contributed by atoms with Gasteiger partial charge in [0, 0.05) is 17.1 Å². The van der Waals surface area contributed by atoms with Crippen LogP contribution in [0.3, 0.4) is 0 Å². The van der Waals surface area contributed by atoms with Crippen LogP contribution in [0.5, 0.6) is 11.5 Å². The molecular weight excluding hydrogens is 342 g/mol. The van der Waals surface area contributed by atoms with E-state index in [1.807, 2.05) is 31.2 Å². The van der Waals surface area contributed by atoms with E-state index in [0.29, 0.717) is 41.7 Å². The van der Waals surface area contributed by atoms with Crippen LogP contribution in [-0.4, -0.2) is 32.0 Å². The zero-order chi connectivity index (χ0) is 18.1. The third kappa shape index (κ3) is 6.12. The number of aldehydes is 1. The van der Waals surface area contributed by atoms with E-state index in [1.54, 1.807) is 18.2 Å². The summed E-state index contributed by atoms with van der Waals surface area (Å²) in [5, 5.41) is 3.48. The first-order chi connectivity index (χ1) is 12.1. The predicted octanol–water partition coefficient (Wildman–Crippen LogP) is 3.29. The fourth-order valence-corrected chi connectivity index (χ4v) is 2.30. The Labute approximate surface area is 151 Å². The highest BCUT2D eigenvalue weighted by Gasteiger charge is 2.09. The Morgan fingerprint density at radius 3 is 2.56 bits per heavy atom. The fraction of sp³-hybridized carbons (Fsp3) is 0.263. The SMILES string of the molecule is CCOc1cc(C=O)ccc1OCC(=O)NCCc1ccc(Cl)cc1. The van der Waals surface area contributed by atoms with Crippen LogP contribution in [0.15, 0.2) is 42.5 Å². The Bertz CT molecular complexity index is 716. The molecular formula is C19H20ClNO4. The highest BCUT2D eigenvalue weighted by molar-refractivity contribution is 6.30. The van der Waals surface area contributed by atoms with Gasteiger partial charge in [0.15, 0.2) is 18.1 Å². The first kappa shape index (κ1) is 18.8. The maximum absolute atomic E-state index is 11.9. The van der Waals surface area contributed by atoms with Crippen molar-refractivity contribution in [2.45, 2.75) is 13.3 Å². The van der Waals surface area contributed by atoms with Gasteiger partial charge >= 0.3 is 0 Å². The lowest BCUT2D eigenvalue weighted by Gasteiger charge is -2.12. The van der Waals surface area contributed by atoms with E-state index in [-0.39, 0.29) is 12.5 Å². The van der Waals surface area contributed by atoms with Crippen molar-refractivity contribution in [3.63, 3.8) is 0 Å². The Morgan fingerprint density at radius 2 is 1.88 bits per heavy atom. The van der Waals surface area contributed by atoms with Crippen molar-refractivity contribution in [3.8, 4) is 11.5 Å². The number of nitrogens with one attached hydrogen (secondary N) is 1. The van der Waals surface area contributed by atoms with Crippen LogP contribution in [-0.2, 0) is 11.2 Å². The number of ether oxygens (including phenoxy) is 2. The maximum atomic E-state index is 11.9. The van der Waals surface area contributed by atoms with Gasteiger partial charge in [0.1, 0.15) is 6.29 Å². The third-order valence-corrected chi connectivity index (χ3v) is 3.66. The van der Waals surface area contributed by atoms with Gasteiger partial charge in [0.25, 0.3) is 5.91 Å². The van der Waals surface area contributed by atoms with Crippen molar-refractivity contribution < 1.29 is 19.1 Å². The van der Waals surface area contributed by atoms with Crippen LogP contribution in [0, 0.1) is 0 Å². The Balaban J connectivity index is 1.81. The van der Waals surface area contributed by atoms with Crippen molar-refractivity contribution in [2.75, 3.05) is 19.8 Å². The van der Waals surface area contributed by atoms with Crippen LogP contribution in [0.1, 0.15) is 22.8 Å². The van der Waals surface area contributed by atoms with Crippen molar-refractivity contribution in [1.29, 1.82) is 0 Å². The van der Waals surface area contributed by atoms with Gasteiger partial charge in [-0.25, -0.2) is 0 Å². The summed E-state index contributed by atoms with van der Waals surface area (Å²) in [5.41, 5.74) is 1.58. The average Bonchev–Trinajstić information content (AvgIpc) is 2.62. The largest absolute Gasteiger partial charge is 0.490 e. The lowest BCUT2D eigenvalue weighted by molar-refractivity contribution is -0.123.